The van der Waals surface area contributed by atoms with Crippen LogP contribution in [0.5, 0.6) is 0 Å². The molecule has 0 amide bonds. The lowest BCUT2D eigenvalue weighted by atomic mass is 9.99. The molecule has 1 N–H and O–H groups in total. The minimum atomic E-state index is -0.810. The minimum Gasteiger partial charge on any atom is -0.387 e. The molecule has 2 heterocycles. The topological polar surface area (TPSA) is 68.4 Å². The van der Waals surface area contributed by atoms with Gasteiger partial charge in [-0.05, 0) is 6.42 Å². The summed E-state index contributed by atoms with van der Waals surface area (Å²) in [6.07, 6.45) is 2.84. The maximum atomic E-state index is 10.0. The molecule has 0 unspecified atom stereocenters. The molecule has 1 aromatic rings. The summed E-state index contributed by atoms with van der Waals surface area (Å²) < 4.78 is 10.2. The van der Waals surface area contributed by atoms with Crippen molar-refractivity contribution in [3.05, 3.63) is 11.7 Å². The summed E-state index contributed by atoms with van der Waals surface area (Å²) in [5, 5.41) is 13.9. The molecule has 5 nitrogen and oxygen atoms in total. The van der Waals surface area contributed by atoms with Gasteiger partial charge in [0.15, 0.2) is 5.82 Å². The van der Waals surface area contributed by atoms with E-state index in [-0.39, 0.29) is 0 Å². The van der Waals surface area contributed by atoms with Gasteiger partial charge < -0.3 is 14.4 Å². The lowest BCUT2D eigenvalue weighted by molar-refractivity contribution is 0.0207. The van der Waals surface area contributed by atoms with Gasteiger partial charge in [-0.25, -0.2) is 0 Å². The smallest absolute Gasteiger partial charge is 0.229 e. The fraction of sp³-hybridized carbons (Fsp3) is 0.800. The van der Waals surface area contributed by atoms with Crippen LogP contribution in [0.25, 0.3) is 0 Å². The fourth-order valence-electron chi connectivity index (χ4n) is 1.70. The van der Waals surface area contributed by atoms with Crippen LogP contribution in [0.4, 0.5) is 0 Å². The number of nitrogens with zero attached hydrogens (tertiary/aromatic N) is 2. The van der Waals surface area contributed by atoms with Crippen LogP contribution in [-0.4, -0.2) is 34.1 Å². The van der Waals surface area contributed by atoms with Crippen molar-refractivity contribution < 1.29 is 14.4 Å². The van der Waals surface area contributed by atoms with Crippen LogP contribution in [0.2, 0.25) is 0 Å². The number of aromatic nitrogens is 2. The van der Waals surface area contributed by atoms with Gasteiger partial charge in [0.1, 0.15) is 0 Å². The molecule has 84 valence electrons. The third-order valence-electron chi connectivity index (χ3n) is 2.55. The molecule has 5 heteroatoms. The van der Waals surface area contributed by atoms with E-state index in [4.69, 9.17) is 9.26 Å². The van der Waals surface area contributed by atoms with E-state index < -0.39 is 5.60 Å². The minimum absolute atomic E-state index is 0.360. The SMILES string of the molecule is CCCc1noc(C[C@]2(O)CCOC2)n1. The van der Waals surface area contributed by atoms with Crippen molar-refractivity contribution in [2.45, 2.75) is 38.2 Å². The second kappa shape index (κ2) is 4.28. The zero-order chi connectivity index (χ0) is 10.7. The zero-order valence-corrected chi connectivity index (χ0v) is 8.90. The van der Waals surface area contributed by atoms with Crippen LogP contribution in [0.1, 0.15) is 31.5 Å². The Morgan fingerprint density at radius 1 is 1.53 bits per heavy atom. The van der Waals surface area contributed by atoms with Gasteiger partial charge in [0, 0.05) is 19.4 Å². The van der Waals surface area contributed by atoms with Gasteiger partial charge in [0.2, 0.25) is 5.89 Å². The van der Waals surface area contributed by atoms with Crippen molar-refractivity contribution >= 4 is 0 Å². The van der Waals surface area contributed by atoms with Crippen molar-refractivity contribution in [3.63, 3.8) is 0 Å². The second-order valence-electron chi connectivity index (χ2n) is 4.06. The Balaban J connectivity index is 1.97. The lowest BCUT2D eigenvalue weighted by Crippen LogP contribution is -2.31. The number of hydrogen-bond donors (Lipinski definition) is 1. The van der Waals surface area contributed by atoms with Crippen molar-refractivity contribution in [3.8, 4) is 0 Å². The van der Waals surface area contributed by atoms with E-state index >= 15 is 0 Å². The summed E-state index contributed by atoms with van der Waals surface area (Å²) in [4.78, 5) is 4.22. The molecule has 1 saturated heterocycles. The molecule has 1 fully saturated rings. The monoisotopic (exact) mass is 212 g/mol. The molecular weight excluding hydrogens is 196 g/mol. The highest BCUT2D eigenvalue weighted by atomic mass is 16.5. The molecule has 0 spiro atoms. The number of ether oxygens (including phenoxy) is 1. The molecule has 1 aromatic heterocycles. The molecule has 0 radical (unpaired) electrons. The Morgan fingerprint density at radius 2 is 2.40 bits per heavy atom. The Kier molecular flexibility index (Phi) is 3.02. The Hall–Kier alpha value is -0.940. The van der Waals surface area contributed by atoms with E-state index in [1.165, 1.54) is 0 Å². The zero-order valence-electron chi connectivity index (χ0n) is 8.90. The van der Waals surface area contributed by atoms with Crippen molar-refractivity contribution in [1.29, 1.82) is 0 Å². The molecular formula is C10H16N2O3. The van der Waals surface area contributed by atoms with Crippen LogP contribution < -0.4 is 0 Å². The quantitative estimate of drug-likeness (QED) is 0.796. The van der Waals surface area contributed by atoms with Gasteiger partial charge in [-0.3, -0.25) is 0 Å². The number of aryl methyl sites for hydroxylation is 1. The summed E-state index contributed by atoms with van der Waals surface area (Å²) >= 11 is 0. The third kappa shape index (κ3) is 2.54. The number of hydrogen-bond acceptors (Lipinski definition) is 5. The van der Waals surface area contributed by atoms with Crippen molar-refractivity contribution in [2.24, 2.45) is 0 Å². The standard InChI is InChI=1S/C10H16N2O3/c1-2-3-8-11-9(15-12-8)6-10(13)4-5-14-7-10/h13H,2-7H2,1H3/t10-/m1/s1. The maximum absolute atomic E-state index is 10.0. The largest absolute Gasteiger partial charge is 0.387 e. The van der Waals surface area contributed by atoms with E-state index in [0.29, 0.717) is 31.9 Å². The van der Waals surface area contributed by atoms with E-state index in [1.54, 1.807) is 0 Å². The number of rotatable bonds is 4. The highest BCUT2D eigenvalue weighted by molar-refractivity contribution is 4.95. The van der Waals surface area contributed by atoms with E-state index in [2.05, 4.69) is 17.1 Å². The first-order chi connectivity index (χ1) is 7.22. The van der Waals surface area contributed by atoms with Crippen LogP contribution >= 0.6 is 0 Å². The Labute approximate surface area is 88.4 Å². The summed E-state index contributed by atoms with van der Waals surface area (Å²) in [6, 6.07) is 0. The predicted molar refractivity (Wildman–Crippen MR) is 52.4 cm³/mol. The lowest BCUT2D eigenvalue weighted by Gasteiger charge is -2.16. The van der Waals surface area contributed by atoms with E-state index in [0.717, 1.165) is 18.7 Å². The molecule has 1 aliphatic rings. The van der Waals surface area contributed by atoms with Gasteiger partial charge >= 0.3 is 0 Å². The van der Waals surface area contributed by atoms with Gasteiger partial charge in [0.05, 0.1) is 18.6 Å². The summed E-state index contributed by atoms with van der Waals surface area (Å²) in [6.45, 7) is 3.03. The van der Waals surface area contributed by atoms with Crippen LogP contribution in [-0.2, 0) is 17.6 Å². The van der Waals surface area contributed by atoms with Crippen LogP contribution in [0, 0.1) is 0 Å². The van der Waals surface area contributed by atoms with E-state index in [9.17, 15) is 5.11 Å². The van der Waals surface area contributed by atoms with Crippen LogP contribution in [0.15, 0.2) is 4.52 Å². The van der Waals surface area contributed by atoms with Crippen molar-refractivity contribution in [2.75, 3.05) is 13.2 Å². The second-order valence-corrected chi connectivity index (χ2v) is 4.06. The summed E-state index contributed by atoms with van der Waals surface area (Å²) in [5.41, 5.74) is -0.810. The average Bonchev–Trinajstić information content (AvgIpc) is 2.77. The van der Waals surface area contributed by atoms with E-state index in [1.807, 2.05) is 0 Å². The fourth-order valence-corrected chi connectivity index (χ4v) is 1.70. The van der Waals surface area contributed by atoms with Crippen molar-refractivity contribution in [1.82, 2.24) is 10.1 Å². The molecule has 0 bridgehead atoms. The van der Waals surface area contributed by atoms with Gasteiger partial charge in [-0.1, -0.05) is 12.1 Å². The highest BCUT2D eigenvalue weighted by Gasteiger charge is 2.34. The molecule has 0 aromatic carbocycles. The van der Waals surface area contributed by atoms with Crippen LogP contribution in [0.3, 0.4) is 0 Å². The number of aliphatic hydroxyl groups is 1. The predicted octanol–water partition coefficient (Wildman–Crippen LogP) is 0.716. The molecule has 15 heavy (non-hydrogen) atoms. The highest BCUT2D eigenvalue weighted by Crippen LogP contribution is 2.22. The Bertz CT molecular complexity index is 318. The van der Waals surface area contributed by atoms with Gasteiger partial charge in [-0.2, -0.15) is 4.98 Å². The Morgan fingerprint density at radius 3 is 3.07 bits per heavy atom. The summed E-state index contributed by atoms with van der Waals surface area (Å²) in [5.74, 6) is 1.22. The molecule has 1 aliphatic heterocycles. The van der Waals surface area contributed by atoms with Gasteiger partial charge in [0.25, 0.3) is 0 Å². The molecule has 0 saturated carbocycles. The molecule has 1 atom stereocenters. The molecule has 0 aliphatic carbocycles. The third-order valence-corrected chi connectivity index (χ3v) is 2.55. The normalized spacial score (nSPS) is 26.0. The maximum Gasteiger partial charge on any atom is 0.229 e. The molecule has 2 rings (SSSR count). The van der Waals surface area contributed by atoms with Gasteiger partial charge in [-0.15, -0.1) is 0 Å². The first kappa shape index (κ1) is 10.6. The average molecular weight is 212 g/mol. The first-order valence-corrected chi connectivity index (χ1v) is 5.33. The first-order valence-electron chi connectivity index (χ1n) is 5.33. The summed E-state index contributed by atoms with van der Waals surface area (Å²) in [7, 11) is 0.